The van der Waals surface area contributed by atoms with Gasteiger partial charge in [-0.05, 0) is 24.5 Å². The topological polar surface area (TPSA) is 4.36 Å². The third kappa shape index (κ3) is 1.78. The molecule has 0 unspecified atom stereocenters. The summed E-state index contributed by atoms with van der Waals surface area (Å²) in [4.78, 5) is 3.25. The van der Waals surface area contributed by atoms with E-state index in [2.05, 4.69) is 4.85 Å². The van der Waals surface area contributed by atoms with E-state index in [1.165, 1.54) is 12.1 Å². The Bertz CT molecular complexity index is 438. The Morgan fingerprint density at radius 1 is 1.25 bits per heavy atom. The Balaban J connectivity index is 2.46. The zero-order chi connectivity index (χ0) is 11.8. The lowest BCUT2D eigenvalue weighted by molar-refractivity contribution is -0.138. The van der Waals surface area contributed by atoms with E-state index in [-0.39, 0.29) is 6.54 Å². The van der Waals surface area contributed by atoms with Crippen LogP contribution in [0.4, 0.5) is 13.2 Å². The van der Waals surface area contributed by atoms with Gasteiger partial charge in [-0.2, -0.15) is 13.2 Å². The predicted molar refractivity (Wildman–Crippen MR) is 53.8 cm³/mol. The predicted octanol–water partition coefficient (Wildman–Crippen LogP) is 3.66. The van der Waals surface area contributed by atoms with Crippen molar-refractivity contribution >= 4 is 0 Å². The number of nitrogens with zero attached hydrogens (tertiary/aromatic N) is 1. The van der Waals surface area contributed by atoms with Crippen LogP contribution in [-0.4, -0.2) is 6.54 Å². The Kier molecular flexibility index (Phi) is 2.42. The second kappa shape index (κ2) is 3.51. The highest BCUT2D eigenvalue weighted by molar-refractivity contribution is 5.41. The largest absolute Gasteiger partial charge is 0.416 e. The fourth-order valence-corrected chi connectivity index (χ4v) is 2.01. The zero-order valence-corrected chi connectivity index (χ0v) is 8.51. The van der Waals surface area contributed by atoms with Gasteiger partial charge >= 0.3 is 6.18 Å². The number of halogens is 3. The lowest BCUT2D eigenvalue weighted by Crippen LogP contribution is -2.18. The summed E-state index contributed by atoms with van der Waals surface area (Å²) in [7, 11) is 0. The summed E-state index contributed by atoms with van der Waals surface area (Å²) in [6, 6.07) is 5.59. The molecule has 16 heavy (non-hydrogen) atoms. The second-order valence-electron chi connectivity index (χ2n) is 4.14. The van der Waals surface area contributed by atoms with E-state index in [4.69, 9.17) is 6.57 Å². The Hall–Kier alpha value is -1.50. The van der Waals surface area contributed by atoms with Crippen LogP contribution < -0.4 is 0 Å². The fourth-order valence-electron chi connectivity index (χ4n) is 2.01. The van der Waals surface area contributed by atoms with Crippen molar-refractivity contribution in [2.45, 2.75) is 24.4 Å². The van der Waals surface area contributed by atoms with Gasteiger partial charge in [-0.3, -0.25) is 0 Å². The number of rotatable bonds is 2. The Morgan fingerprint density at radius 3 is 2.38 bits per heavy atom. The molecule has 0 spiro atoms. The van der Waals surface area contributed by atoms with E-state index in [0.29, 0.717) is 18.4 Å². The first-order valence-electron chi connectivity index (χ1n) is 4.99. The molecule has 0 atom stereocenters. The van der Waals surface area contributed by atoms with Crippen molar-refractivity contribution in [3.63, 3.8) is 0 Å². The number of hydrogen-bond donors (Lipinski definition) is 0. The first-order valence-corrected chi connectivity index (χ1v) is 4.99. The average Bonchev–Trinajstić information content (AvgIpc) is 2.98. The maximum absolute atomic E-state index is 12.8. The van der Waals surface area contributed by atoms with Crippen LogP contribution in [0, 0.1) is 6.57 Å². The maximum Gasteiger partial charge on any atom is 0.416 e. The summed E-state index contributed by atoms with van der Waals surface area (Å²) in [5.74, 6) is 0. The molecule has 0 saturated heterocycles. The molecule has 1 aromatic rings. The van der Waals surface area contributed by atoms with Gasteiger partial charge in [-0.1, -0.05) is 18.2 Å². The number of alkyl halides is 3. The molecule has 0 radical (unpaired) electrons. The highest BCUT2D eigenvalue weighted by Gasteiger charge is 2.51. The average molecular weight is 225 g/mol. The van der Waals surface area contributed by atoms with Gasteiger partial charge in [0.2, 0.25) is 6.54 Å². The van der Waals surface area contributed by atoms with Crippen molar-refractivity contribution in [2.24, 2.45) is 0 Å². The van der Waals surface area contributed by atoms with Gasteiger partial charge in [0.05, 0.1) is 11.0 Å². The lowest BCUT2D eigenvalue weighted by atomic mass is 9.91. The van der Waals surface area contributed by atoms with Crippen LogP contribution in [0.3, 0.4) is 0 Å². The molecule has 1 aliphatic rings. The molecule has 1 saturated carbocycles. The van der Waals surface area contributed by atoms with Crippen LogP contribution in [0.5, 0.6) is 0 Å². The van der Waals surface area contributed by atoms with Gasteiger partial charge in [0.15, 0.2) is 0 Å². The van der Waals surface area contributed by atoms with Gasteiger partial charge in [-0.25, -0.2) is 6.57 Å². The highest BCUT2D eigenvalue weighted by Crippen LogP contribution is 2.51. The van der Waals surface area contributed by atoms with E-state index < -0.39 is 17.2 Å². The molecule has 0 bridgehead atoms. The summed E-state index contributed by atoms with van der Waals surface area (Å²) in [5, 5.41) is 0. The molecular weight excluding hydrogens is 215 g/mol. The summed E-state index contributed by atoms with van der Waals surface area (Å²) in [6.07, 6.45) is -2.96. The molecule has 0 aromatic heterocycles. The molecule has 1 nitrogen and oxygen atoms in total. The molecule has 0 amide bonds. The van der Waals surface area contributed by atoms with Crippen molar-refractivity contribution in [1.82, 2.24) is 0 Å². The molecule has 4 heteroatoms. The van der Waals surface area contributed by atoms with E-state index >= 15 is 0 Å². The molecule has 0 heterocycles. The van der Waals surface area contributed by atoms with Crippen molar-refractivity contribution < 1.29 is 13.2 Å². The van der Waals surface area contributed by atoms with Crippen molar-refractivity contribution in [3.05, 3.63) is 46.8 Å². The number of benzene rings is 1. The highest BCUT2D eigenvalue weighted by atomic mass is 19.4. The molecule has 0 aliphatic heterocycles. The van der Waals surface area contributed by atoms with Gasteiger partial charge in [-0.15, -0.1) is 0 Å². The summed E-state index contributed by atoms with van der Waals surface area (Å²) >= 11 is 0. The quantitative estimate of drug-likeness (QED) is 0.676. The molecule has 1 aromatic carbocycles. The monoisotopic (exact) mass is 225 g/mol. The smallest absolute Gasteiger partial charge is 0.316 e. The van der Waals surface area contributed by atoms with Crippen LogP contribution in [0.25, 0.3) is 4.85 Å². The molecule has 1 fully saturated rings. The summed E-state index contributed by atoms with van der Waals surface area (Å²) < 4.78 is 38.3. The fraction of sp³-hybridized carbons (Fsp3) is 0.417. The minimum absolute atomic E-state index is 0.153. The van der Waals surface area contributed by atoms with E-state index in [1.54, 1.807) is 6.07 Å². The minimum Gasteiger partial charge on any atom is -0.316 e. The van der Waals surface area contributed by atoms with Crippen LogP contribution in [0.15, 0.2) is 24.3 Å². The number of hydrogen-bond acceptors (Lipinski definition) is 0. The lowest BCUT2D eigenvalue weighted by Gasteiger charge is -2.16. The SMILES string of the molecule is [C-]#[N+]CC1(c2ccccc2C(F)(F)F)CC1. The van der Waals surface area contributed by atoms with Gasteiger partial charge < -0.3 is 4.85 Å². The van der Waals surface area contributed by atoms with Crippen LogP contribution in [0.1, 0.15) is 24.0 Å². The third-order valence-electron chi connectivity index (χ3n) is 3.04. The van der Waals surface area contributed by atoms with E-state index in [0.717, 1.165) is 6.07 Å². The molecule has 1 aliphatic carbocycles. The molecular formula is C12H10F3N. The first kappa shape index (κ1) is 11.0. The van der Waals surface area contributed by atoms with Gasteiger partial charge in [0.1, 0.15) is 0 Å². The third-order valence-corrected chi connectivity index (χ3v) is 3.04. The van der Waals surface area contributed by atoms with Crippen LogP contribution >= 0.6 is 0 Å². The van der Waals surface area contributed by atoms with Crippen molar-refractivity contribution in [2.75, 3.05) is 6.54 Å². The summed E-state index contributed by atoms with van der Waals surface area (Å²) in [5.41, 5.74) is -0.830. The zero-order valence-electron chi connectivity index (χ0n) is 8.51. The maximum atomic E-state index is 12.8. The standard InChI is InChI=1S/C12H10F3N/c1-16-8-11(6-7-11)9-4-2-3-5-10(9)12(13,14)15/h2-5H,6-8H2. The second-order valence-corrected chi connectivity index (χ2v) is 4.14. The normalized spacial score (nSPS) is 17.9. The first-order chi connectivity index (χ1) is 7.49. The molecule has 2 rings (SSSR count). The van der Waals surface area contributed by atoms with Crippen molar-refractivity contribution in [1.29, 1.82) is 0 Å². The minimum atomic E-state index is -4.33. The Morgan fingerprint density at radius 2 is 1.88 bits per heavy atom. The van der Waals surface area contributed by atoms with Gasteiger partial charge in [0.25, 0.3) is 0 Å². The van der Waals surface area contributed by atoms with Crippen LogP contribution in [0.2, 0.25) is 0 Å². The van der Waals surface area contributed by atoms with E-state index in [9.17, 15) is 13.2 Å². The van der Waals surface area contributed by atoms with Crippen LogP contribution in [-0.2, 0) is 11.6 Å². The van der Waals surface area contributed by atoms with E-state index in [1.807, 2.05) is 0 Å². The van der Waals surface area contributed by atoms with Gasteiger partial charge in [0, 0.05) is 0 Å². The van der Waals surface area contributed by atoms with Crippen molar-refractivity contribution in [3.8, 4) is 0 Å². The Labute approximate surface area is 91.7 Å². The molecule has 84 valence electrons. The summed E-state index contributed by atoms with van der Waals surface area (Å²) in [6.45, 7) is 6.97. The molecule has 0 N–H and O–H groups in total.